The van der Waals surface area contributed by atoms with Crippen LogP contribution in [0.4, 0.5) is 5.69 Å². The number of hydrogen-bond acceptors (Lipinski definition) is 7. The highest BCUT2D eigenvalue weighted by Crippen LogP contribution is 2.24. The fourth-order valence-corrected chi connectivity index (χ4v) is 5.07. The molecule has 1 saturated heterocycles. The molecule has 4 rings (SSSR count). The van der Waals surface area contributed by atoms with Crippen LogP contribution in [0.1, 0.15) is 22.8 Å². The quantitative estimate of drug-likeness (QED) is 0.572. The number of rotatable bonds is 5. The van der Waals surface area contributed by atoms with Gasteiger partial charge in [0.15, 0.2) is 5.78 Å². The Hall–Kier alpha value is -3.11. The van der Waals surface area contributed by atoms with E-state index in [4.69, 9.17) is 0 Å². The third-order valence-electron chi connectivity index (χ3n) is 5.28. The van der Waals surface area contributed by atoms with E-state index in [-0.39, 0.29) is 10.7 Å². The molecule has 0 N–H and O–H groups in total. The largest absolute Gasteiger partial charge is 0.369 e. The third-order valence-corrected chi connectivity index (χ3v) is 7.17. The fraction of sp³-hybridized carbons (Fsp3) is 0.300. The minimum atomic E-state index is -3.59. The molecule has 0 unspecified atom stereocenters. The Kier molecular flexibility index (Phi) is 5.35. The number of carbonyl (C=O) groups is 1. The zero-order valence-electron chi connectivity index (χ0n) is 16.8. The minimum absolute atomic E-state index is 0.0267. The van der Waals surface area contributed by atoms with Gasteiger partial charge in [0.25, 0.3) is 0 Å². The van der Waals surface area contributed by atoms with Crippen molar-refractivity contribution in [1.29, 1.82) is 0 Å². The zero-order valence-corrected chi connectivity index (χ0v) is 17.6. The first-order valence-electron chi connectivity index (χ1n) is 9.56. The lowest BCUT2D eigenvalue weighted by Gasteiger charge is -2.35. The zero-order chi connectivity index (χ0) is 21.3. The van der Waals surface area contributed by atoms with Crippen molar-refractivity contribution in [3.05, 3.63) is 59.9 Å². The van der Waals surface area contributed by atoms with Crippen molar-refractivity contribution >= 4 is 21.5 Å². The fourth-order valence-electron chi connectivity index (χ4n) is 3.56. The van der Waals surface area contributed by atoms with Gasteiger partial charge in [0.05, 0.1) is 10.6 Å². The normalized spacial score (nSPS) is 15.3. The molecular formula is C20H22N6O3S. The van der Waals surface area contributed by atoms with Gasteiger partial charge in [0, 0.05) is 37.4 Å². The Labute approximate surface area is 175 Å². The van der Waals surface area contributed by atoms with Crippen LogP contribution in [0.2, 0.25) is 0 Å². The van der Waals surface area contributed by atoms with Crippen molar-refractivity contribution in [2.75, 3.05) is 31.1 Å². The smallest absolute Gasteiger partial charge is 0.243 e. The van der Waals surface area contributed by atoms with Crippen LogP contribution in [0.15, 0.2) is 53.7 Å². The Morgan fingerprint density at radius 1 is 1.00 bits per heavy atom. The van der Waals surface area contributed by atoms with Gasteiger partial charge in [-0.25, -0.2) is 13.1 Å². The average molecular weight is 427 g/mol. The van der Waals surface area contributed by atoms with Crippen molar-refractivity contribution in [2.45, 2.75) is 18.7 Å². The van der Waals surface area contributed by atoms with E-state index in [0.29, 0.717) is 31.7 Å². The summed E-state index contributed by atoms with van der Waals surface area (Å²) in [7, 11) is -3.59. The van der Waals surface area contributed by atoms with Gasteiger partial charge in [0.1, 0.15) is 6.33 Å². The van der Waals surface area contributed by atoms with E-state index >= 15 is 0 Å². The number of benzene rings is 2. The lowest BCUT2D eigenvalue weighted by molar-refractivity contribution is 0.101. The molecule has 0 saturated carbocycles. The number of piperazine rings is 1. The third kappa shape index (κ3) is 3.83. The highest BCUT2D eigenvalue weighted by atomic mass is 32.2. The van der Waals surface area contributed by atoms with Crippen LogP contribution < -0.4 is 4.90 Å². The number of aromatic nitrogens is 4. The first kappa shape index (κ1) is 20.2. The predicted octanol–water partition coefficient (Wildman–Crippen LogP) is 1.68. The molecule has 30 heavy (non-hydrogen) atoms. The summed E-state index contributed by atoms with van der Waals surface area (Å²) in [5.74, 6) is 0.0267. The van der Waals surface area contributed by atoms with Crippen LogP contribution in [0.25, 0.3) is 5.69 Å². The molecule has 156 valence electrons. The van der Waals surface area contributed by atoms with Gasteiger partial charge in [-0.1, -0.05) is 0 Å². The number of sulfonamides is 1. The number of hydrogen-bond donors (Lipinski definition) is 0. The van der Waals surface area contributed by atoms with E-state index in [1.54, 1.807) is 30.3 Å². The van der Waals surface area contributed by atoms with Crippen LogP contribution in [-0.4, -0.2) is 64.9 Å². The Bertz CT molecular complexity index is 1150. The highest BCUT2D eigenvalue weighted by molar-refractivity contribution is 7.89. The van der Waals surface area contributed by atoms with Gasteiger partial charge in [-0.05, 0) is 72.3 Å². The molecule has 0 radical (unpaired) electrons. The van der Waals surface area contributed by atoms with Crippen molar-refractivity contribution in [2.24, 2.45) is 0 Å². The summed E-state index contributed by atoms with van der Waals surface area (Å²) >= 11 is 0. The van der Waals surface area contributed by atoms with Gasteiger partial charge >= 0.3 is 0 Å². The van der Waals surface area contributed by atoms with E-state index in [1.807, 2.05) is 19.1 Å². The first-order chi connectivity index (χ1) is 14.4. The van der Waals surface area contributed by atoms with Crippen LogP contribution in [0.5, 0.6) is 0 Å². The van der Waals surface area contributed by atoms with E-state index < -0.39 is 10.0 Å². The number of ketones is 1. The van der Waals surface area contributed by atoms with E-state index in [0.717, 1.165) is 16.9 Å². The van der Waals surface area contributed by atoms with E-state index in [9.17, 15) is 13.2 Å². The summed E-state index contributed by atoms with van der Waals surface area (Å²) in [6.07, 6.45) is 1.47. The molecule has 2 aromatic carbocycles. The topological polar surface area (TPSA) is 101 Å². The van der Waals surface area contributed by atoms with Gasteiger partial charge in [-0.15, -0.1) is 5.10 Å². The number of Topliss-reactive ketones (excluding diaryl/α,β-unsaturated/α-hetero) is 1. The summed E-state index contributed by atoms with van der Waals surface area (Å²) in [4.78, 5) is 13.8. The molecule has 1 aromatic heterocycles. The standard InChI is InChI=1S/C20H22N6O3S/c1-15-13-19(7-8-20(15)26-14-21-22-23-26)30(28,29)25-11-9-24(10-12-25)18-5-3-17(4-6-18)16(2)27/h3-8,13-14H,9-12H2,1-2H3. The van der Waals surface area contributed by atoms with Crippen molar-refractivity contribution < 1.29 is 13.2 Å². The summed E-state index contributed by atoms with van der Waals surface area (Å²) in [5.41, 5.74) is 3.16. The number of nitrogens with zero attached hydrogens (tertiary/aromatic N) is 6. The van der Waals surface area contributed by atoms with Crippen LogP contribution >= 0.6 is 0 Å². The Morgan fingerprint density at radius 2 is 1.70 bits per heavy atom. The molecule has 3 aromatic rings. The maximum atomic E-state index is 13.1. The SMILES string of the molecule is CC(=O)c1ccc(N2CCN(S(=O)(=O)c3ccc(-n4cnnn4)c(C)c3)CC2)cc1. The minimum Gasteiger partial charge on any atom is -0.369 e. The molecule has 0 spiro atoms. The van der Waals surface area contributed by atoms with Crippen LogP contribution in [0, 0.1) is 6.92 Å². The van der Waals surface area contributed by atoms with Crippen LogP contribution in [-0.2, 0) is 10.0 Å². The molecule has 0 atom stereocenters. The molecule has 1 aliphatic heterocycles. The molecule has 0 aliphatic carbocycles. The van der Waals surface area contributed by atoms with Gasteiger partial charge in [-0.2, -0.15) is 4.31 Å². The van der Waals surface area contributed by atoms with Gasteiger partial charge in [0.2, 0.25) is 10.0 Å². The van der Waals surface area contributed by atoms with E-state index in [1.165, 1.54) is 22.2 Å². The molecule has 1 aliphatic rings. The molecule has 0 bridgehead atoms. The molecule has 1 fully saturated rings. The number of aryl methyl sites for hydroxylation is 1. The van der Waals surface area contributed by atoms with Crippen molar-refractivity contribution in [3.63, 3.8) is 0 Å². The number of carbonyl (C=O) groups excluding carboxylic acids is 1. The van der Waals surface area contributed by atoms with Crippen LogP contribution in [0.3, 0.4) is 0 Å². The monoisotopic (exact) mass is 426 g/mol. The molecule has 0 amide bonds. The molecule has 9 nitrogen and oxygen atoms in total. The van der Waals surface area contributed by atoms with Crippen molar-refractivity contribution in [3.8, 4) is 5.69 Å². The van der Waals surface area contributed by atoms with E-state index in [2.05, 4.69) is 20.4 Å². The first-order valence-corrected chi connectivity index (χ1v) is 11.0. The highest BCUT2D eigenvalue weighted by Gasteiger charge is 2.29. The summed E-state index contributed by atoms with van der Waals surface area (Å²) in [5, 5.41) is 11.1. The lowest BCUT2D eigenvalue weighted by atomic mass is 10.1. The Balaban J connectivity index is 1.47. The summed E-state index contributed by atoms with van der Waals surface area (Å²) in [6, 6.07) is 12.4. The maximum Gasteiger partial charge on any atom is 0.243 e. The van der Waals surface area contributed by atoms with Gasteiger partial charge < -0.3 is 4.90 Å². The number of tetrazole rings is 1. The second-order valence-electron chi connectivity index (χ2n) is 7.20. The Morgan fingerprint density at radius 3 is 2.27 bits per heavy atom. The average Bonchev–Trinajstić information content (AvgIpc) is 3.28. The molecule has 10 heteroatoms. The van der Waals surface area contributed by atoms with Crippen molar-refractivity contribution in [1.82, 2.24) is 24.5 Å². The number of anilines is 1. The summed E-state index contributed by atoms with van der Waals surface area (Å²) < 4.78 is 29.3. The second-order valence-corrected chi connectivity index (χ2v) is 9.13. The molecule has 2 heterocycles. The second kappa shape index (κ2) is 7.96. The van der Waals surface area contributed by atoms with Gasteiger partial charge in [-0.3, -0.25) is 4.79 Å². The lowest BCUT2D eigenvalue weighted by Crippen LogP contribution is -2.48. The maximum absolute atomic E-state index is 13.1. The summed E-state index contributed by atoms with van der Waals surface area (Å²) in [6.45, 7) is 5.32. The predicted molar refractivity (Wildman–Crippen MR) is 111 cm³/mol. The molecular weight excluding hydrogens is 404 g/mol.